The monoisotopic (exact) mass is 361 g/mol. The molecule has 1 aromatic carbocycles. The lowest BCUT2D eigenvalue weighted by Gasteiger charge is -2.14. The molecule has 0 amide bonds. The molecule has 21 heavy (non-hydrogen) atoms. The van der Waals surface area contributed by atoms with Crippen molar-refractivity contribution in [2.45, 2.75) is 19.6 Å². The van der Waals surface area contributed by atoms with Gasteiger partial charge in [0.2, 0.25) is 0 Å². The van der Waals surface area contributed by atoms with Gasteiger partial charge in [0.05, 0.1) is 17.7 Å². The van der Waals surface area contributed by atoms with E-state index in [0.29, 0.717) is 19.0 Å². The van der Waals surface area contributed by atoms with E-state index in [2.05, 4.69) is 21.2 Å². The maximum Gasteiger partial charge on any atom is 0.133 e. The van der Waals surface area contributed by atoms with Crippen LogP contribution in [0.4, 0.5) is 0 Å². The van der Waals surface area contributed by atoms with Crippen LogP contribution in [0.25, 0.3) is 0 Å². The fraction of sp³-hybridized carbons (Fsp3) is 0.600. The van der Waals surface area contributed by atoms with Crippen LogP contribution in [0.2, 0.25) is 0 Å². The Balaban J connectivity index is 2.39. The van der Waals surface area contributed by atoms with Crippen molar-refractivity contribution in [2.24, 2.45) is 0 Å². The number of halogens is 1. The lowest BCUT2D eigenvalue weighted by molar-refractivity contribution is 0.0163. The number of hydrogen-bond donors (Lipinski definition) is 2. The molecule has 0 aliphatic heterocycles. The van der Waals surface area contributed by atoms with Gasteiger partial charge in [-0.3, -0.25) is 0 Å². The summed E-state index contributed by atoms with van der Waals surface area (Å²) in [5.41, 5.74) is 1.15. The van der Waals surface area contributed by atoms with E-state index in [0.717, 1.165) is 23.1 Å². The smallest absolute Gasteiger partial charge is 0.133 e. The molecule has 0 radical (unpaired) electrons. The Morgan fingerprint density at radius 3 is 2.81 bits per heavy atom. The predicted octanol–water partition coefficient (Wildman–Crippen LogP) is 1.96. The molecule has 1 unspecified atom stereocenters. The number of ether oxygens (including phenoxy) is 3. The first kappa shape index (κ1) is 18.4. The molecular weight excluding hydrogens is 338 g/mol. The van der Waals surface area contributed by atoms with E-state index in [9.17, 15) is 5.11 Å². The van der Waals surface area contributed by atoms with Crippen LogP contribution in [0.1, 0.15) is 12.5 Å². The second-order valence-electron chi connectivity index (χ2n) is 4.56. The Morgan fingerprint density at radius 1 is 1.33 bits per heavy atom. The van der Waals surface area contributed by atoms with Crippen LogP contribution < -0.4 is 10.1 Å². The number of hydrogen-bond acceptors (Lipinski definition) is 5. The molecule has 120 valence electrons. The number of rotatable bonds is 11. The second-order valence-corrected chi connectivity index (χ2v) is 5.41. The van der Waals surface area contributed by atoms with Crippen LogP contribution in [0, 0.1) is 0 Å². The Labute approximate surface area is 134 Å². The van der Waals surface area contributed by atoms with Crippen molar-refractivity contribution in [3.63, 3.8) is 0 Å². The highest BCUT2D eigenvalue weighted by Gasteiger charge is 2.08. The van der Waals surface area contributed by atoms with Gasteiger partial charge in [-0.15, -0.1) is 0 Å². The highest BCUT2D eigenvalue weighted by molar-refractivity contribution is 9.10. The summed E-state index contributed by atoms with van der Waals surface area (Å²) in [5.74, 6) is 0.714. The summed E-state index contributed by atoms with van der Waals surface area (Å²) in [6.45, 7) is 5.26. The van der Waals surface area contributed by atoms with Crippen LogP contribution in [0.3, 0.4) is 0 Å². The molecule has 0 aromatic heterocycles. The minimum Gasteiger partial charge on any atom is -0.490 e. The molecular formula is C15H24BrNO4. The normalized spacial score (nSPS) is 12.4. The number of aliphatic hydroxyl groups is 1. The molecule has 6 heteroatoms. The van der Waals surface area contributed by atoms with E-state index in [1.54, 1.807) is 7.11 Å². The lowest BCUT2D eigenvalue weighted by atomic mass is 10.2. The van der Waals surface area contributed by atoms with Gasteiger partial charge in [0.15, 0.2) is 0 Å². The molecule has 0 aliphatic carbocycles. The van der Waals surface area contributed by atoms with Gasteiger partial charge in [0.25, 0.3) is 0 Å². The summed E-state index contributed by atoms with van der Waals surface area (Å²) in [7, 11) is 1.68. The zero-order valence-electron chi connectivity index (χ0n) is 12.6. The first-order valence-corrected chi connectivity index (χ1v) is 7.83. The predicted molar refractivity (Wildman–Crippen MR) is 85.7 cm³/mol. The van der Waals surface area contributed by atoms with Crippen molar-refractivity contribution >= 4 is 15.9 Å². The summed E-state index contributed by atoms with van der Waals surface area (Å²) < 4.78 is 16.6. The SMILES string of the molecule is CCOCC(O)COc1ccc(CNCCOC)cc1Br. The van der Waals surface area contributed by atoms with Crippen LogP contribution in [-0.4, -0.2) is 51.3 Å². The zero-order valence-corrected chi connectivity index (χ0v) is 14.2. The van der Waals surface area contributed by atoms with Crippen molar-refractivity contribution < 1.29 is 19.3 Å². The third-order valence-corrected chi connectivity index (χ3v) is 3.37. The number of benzene rings is 1. The molecule has 1 aromatic rings. The minimum atomic E-state index is -0.618. The van der Waals surface area contributed by atoms with E-state index < -0.39 is 6.10 Å². The van der Waals surface area contributed by atoms with Gasteiger partial charge < -0.3 is 24.6 Å². The largest absolute Gasteiger partial charge is 0.490 e. The number of nitrogens with one attached hydrogen (secondary N) is 1. The van der Waals surface area contributed by atoms with Crippen LogP contribution in [0.5, 0.6) is 5.75 Å². The first-order valence-electron chi connectivity index (χ1n) is 7.04. The maximum atomic E-state index is 9.67. The van der Waals surface area contributed by atoms with Gasteiger partial charge in [-0.25, -0.2) is 0 Å². The van der Waals surface area contributed by atoms with Gasteiger partial charge >= 0.3 is 0 Å². The molecule has 1 rings (SSSR count). The topological polar surface area (TPSA) is 60.0 Å². The van der Waals surface area contributed by atoms with Crippen LogP contribution in [-0.2, 0) is 16.0 Å². The van der Waals surface area contributed by atoms with Crippen molar-refractivity contribution in [3.8, 4) is 5.75 Å². The molecule has 0 fully saturated rings. The van der Waals surface area contributed by atoms with E-state index >= 15 is 0 Å². The molecule has 0 saturated heterocycles. The highest BCUT2D eigenvalue weighted by atomic mass is 79.9. The van der Waals surface area contributed by atoms with Gasteiger partial charge in [-0.05, 0) is 40.5 Å². The third-order valence-electron chi connectivity index (χ3n) is 2.75. The summed E-state index contributed by atoms with van der Waals surface area (Å²) in [4.78, 5) is 0. The summed E-state index contributed by atoms with van der Waals surface area (Å²) in [6, 6.07) is 5.89. The van der Waals surface area contributed by atoms with Crippen molar-refractivity contribution in [1.29, 1.82) is 0 Å². The molecule has 5 nitrogen and oxygen atoms in total. The first-order chi connectivity index (χ1) is 10.2. The van der Waals surface area contributed by atoms with Crippen molar-refractivity contribution in [2.75, 3.05) is 40.1 Å². The Hall–Kier alpha value is -0.660. The number of methoxy groups -OCH3 is 1. The number of aliphatic hydroxyl groups excluding tert-OH is 1. The molecule has 0 bridgehead atoms. The standard InChI is InChI=1S/C15H24BrNO4/c1-3-20-10-13(18)11-21-15-5-4-12(8-14(15)16)9-17-6-7-19-2/h4-5,8,13,17-18H,3,6-7,9-11H2,1-2H3. The summed E-state index contributed by atoms with van der Waals surface area (Å²) >= 11 is 3.48. The van der Waals surface area contributed by atoms with Crippen LogP contribution >= 0.6 is 15.9 Å². The van der Waals surface area contributed by atoms with Crippen molar-refractivity contribution in [3.05, 3.63) is 28.2 Å². The lowest BCUT2D eigenvalue weighted by Crippen LogP contribution is -2.23. The summed E-state index contributed by atoms with van der Waals surface area (Å²) in [6.07, 6.45) is -0.618. The van der Waals surface area contributed by atoms with E-state index in [4.69, 9.17) is 14.2 Å². The van der Waals surface area contributed by atoms with Gasteiger partial charge in [0, 0.05) is 26.8 Å². The maximum absolute atomic E-state index is 9.67. The fourth-order valence-corrected chi connectivity index (χ4v) is 2.21. The van der Waals surface area contributed by atoms with E-state index in [1.165, 1.54) is 0 Å². The van der Waals surface area contributed by atoms with Gasteiger partial charge in [-0.1, -0.05) is 6.07 Å². The van der Waals surface area contributed by atoms with Crippen LogP contribution in [0.15, 0.2) is 22.7 Å². The fourth-order valence-electron chi connectivity index (χ4n) is 1.67. The Morgan fingerprint density at radius 2 is 2.14 bits per heavy atom. The summed E-state index contributed by atoms with van der Waals surface area (Å²) in [5, 5.41) is 12.9. The second kappa shape index (κ2) is 11.0. The zero-order chi connectivity index (χ0) is 15.5. The van der Waals surface area contributed by atoms with E-state index in [-0.39, 0.29) is 13.2 Å². The third kappa shape index (κ3) is 7.78. The molecule has 0 aliphatic rings. The average molecular weight is 362 g/mol. The molecule has 0 heterocycles. The van der Waals surface area contributed by atoms with E-state index in [1.807, 2.05) is 25.1 Å². The minimum absolute atomic E-state index is 0.212. The average Bonchev–Trinajstić information content (AvgIpc) is 2.48. The molecule has 1 atom stereocenters. The quantitative estimate of drug-likeness (QED) is 0.590. The molecule has 2 N–H and O–H groups in total. The van der Waals surface area contributed by atoms with Gasteiger partial charge in [0.1, 0.15) is 18.5 Å². The van der Waals surface area contributed by atoms with Gasteiger partial charge in [-0.2, -0.15) is 0 Å². The highest BCUT2D eigenvalue weighted by Crippen LogP contribution is 2.26. The van der Waals surface area contributed by atoms with Crippen molar-refractivity contribution in [1.82, 2.24) is 5.32 Å². The molecule has 0 spiro atoms. The Bertz CT molecular complexity index is 403. The Kier molecular flexibility index (Phi) is 9.62. The molecule has 0 saturated carbocycles.